The number of fused-ring (bicyclic) bond motifs is 1. The first-order valence-electron chi connectivity index (χ1n) is 7.22. The monoisotopic (exact) mass is 304 g/mol. The van der Waals surface area contributed by atoms with Crippen LogP contribution in [0.4, 0.5) is 5.13 Å². The predicted octanol–water partition coefficient (Wildman–Crippen LogP) is 1.68. The maximum atomic E-state index is 10.2. The van der Waals surface area contributed by atoms with Crippen molar-refractivity contribution in [3.8, 4) is 0 Å². The lowest BCUT2D eigenvalue weighted by molar-refractivity contribution is 0.114. The molecule has 3 rings (SSSR count). The SMILES string of the molecule is Cc1nsc(NCC(O)CN2CCc3ccccc3C2)n1. The van der Waals surface area contributed by atoms with Crippen molar-refractivity contribution in [2.75, 3.05) is 25.0 Å². The van der Waals surface area contributed by atoms with Crippen LogP contribution in [0.5, 0.6) is 0 Å². The summed E-state index contributed by atoms with van der Waals surface area (Å²) in [5, 5.41) is 14.1. The minimum atomic E-state index is -0.403. The van der Waals surface area contributed by atoms with Crippen LogP contribution >= 0.6 is 11.5 Å². The van der Waals surface area contributed by atoms with Gasteiger partial charge in [0, 0.05) is 37.7 Å². The van der Waals surface area contributed by atoms with Crippen LogP contribution in [-0.2, 0) is 13.0 Å². The number of aryl methyl sites for hydroxylation is 1. The van der Waals surface area contributed by atoms with E-state index < -0.39 is 6.10 Å². The molecule has 21 heavy (non-hydrogen) atoms. The van der Waals surface area contributed by atoms with Gasteiger partial charge in [-0.25, -0.2) is 4.98 Å². The van der Waals surface area contributed by atoms with E-state index in [4.69, 9.17) is 0 Å². The van der Waals surface area contributed by atoms with Gasteiger partial charge in [0.05, 0.1) is 6.10 Å². The van der Waals surface area contributed by atoms with E-state index in [1.807, 2.05) is 6.92 Å². The Balaban J connectivity index is 1.48. The number of aromatic nitrogens is 2. The summed E-state index contributed by atoms with van der Waals surface area (Å²) in [7, 11) is 0. The highest BCUT2D eigenvalue weighted by atomic mass is 32.1. The number of hydrogen-bond acceptors (Lipinski definition) is 6. The molecule has 0 amide bonds. The van der Waals surface area contributed by atoms with Crippen molar-refractivity contribution in [1.82, 2.24) is 14.3 Å². The van der Waals surface area contributed by atoms with Crippen molar-refractivity contribution in [3.05, 3.63) is 41.2 Å². The van der Waals surface area contributed by atoms with E-state index in [0.717, 1.165) is 30.5 Å². The van der Waals surface area contributed by atoms with Crippen LogP contribution in [0.2, 0.25) is 0 Å². The molecule has 1 aromatic carbocycles. The van der Waals surface area contributed by atoms with Gasteiger partial charge in [-0.3, -0.25) is 4.90 Å². The number of β-amino-alcohol motifs (C(OH)–C–C–N with tert-alkyl or cyclic N) is 1. The van der Waals surface area contributed by atoms with Gasteiger partial charge in [0.25, 0.3) is 0 Å². The average molecular weight is 304 g/mol. The molecule has 1 aliphatic rings. The van der Waals surface area contributed by atoms with E-state index in [9.17, 15) is 5.11 Å². The normalized spacial score (nSPS) is 16.5. The molecule has 1 aliphatic heterocycles. The lowest BCUT2D eigenvalue weighted by atomic mass is 10.00. The minimum absolute atomic E-state index is 0.403. The molecular weight excluding hydrogens is 284 g/mol. The lowest BCUT2D eigenvalue weighted by Gasteiger charge is -2.30. The summed E-state index contributed by atoms with van der Waals surface area (Å²) in [5.74, 6) is 0.768. The Kier molecular flexibility index (Phi) is 4.48. The lowest BCUT2D eigenvalue weighted by Crippen LogP contribution is -2.39. The number of hydrogen-bond donors (Lipinski definition) is 2. The first kappa shape index (κ1) is 14.4. The van der Waals surface area contributed by atoms with E-state index in [1.54, 1.807) is 0 Å². The van der Waals surface area contributed by atoms with Crippen LogP contribution in [0.3, 0.4) is 0 Å². The fourth-order valence-electron chi connectivity index (χ4n) is 2.65. The second kappa shape index (κ2) is 6.51. The first-order chi connectivity index (χ1) is 10.2. The summed E-state index contributed by atoms with van der Waals surface area (Å²) < 4.78 is 4.11. The molecule has 0 saturated carbocycles. The number of anilines is 1. The molecule has 2 heterocycles. The Morgan fingerprint density at radius 2 is 2.19 bits per heavy atom. The molecule has 5 nitrogen and oxygen atoms in total. The Hall–Kier alpha value is -1.50. The van der Waals surface area contributed by atoms with Crippen molar-refractivity contribution in [3.63, 3.8) is 0 Å². The highest BCUT2D eigenvalue weighted by Gasteiger charge is 2.18. The Bertz CT molecular complexity index is 601. The second-order valence-corrected chi connectivity index (χ2v) is 6.19. The summed E-state index contributed by atoms with van der Waals surface area (Å²) >= 11 is 1.33. The van der Waals surface area contributed by atoms with Crippen LogP contribution < -0.4 is 5.32 Å². The molecule has 0 aliphatic carbocycles. The molecule has 0 saturated heterocycles. The fraction of sp³-hybridized carbons (Fsp3) is 0.467. The molecule has 2 aromatic rings. The molecular formula is C15H20N4OS. The second-order valence-electron chi connectivity index (χ2n) is 5.44. The van der Waals surface area contributed by atoms with E-state index in [-0.39, 0.29) is 0 Å². The number of rotatable bonds is 5. The number of nitrogens with one attached hydrogen (secondary N) is 1. The summed E-state index contributed by atoms with van der Waals surface area (Å²) in [6, 6.07) is 8.55. The molecule has 1 atom stereocenters. The third-order valence-electron chi connectivity index (χ3n) is 3.70. The molecule has 0 radical (unpaired) electrons. The standard InChI is InChI=1S/C15H20N4OS/c1-11-17-15(21-18-11)16-8-14(20)10-19-7-6-12-4-2-3-5-13(12)9-19/h2-5,14,20H,6-10H2,1H3,(H,16,17,18). The summed E-state index contributed by atoms with van der Waals surface area (Å²) in [4.78, 5) is 6.54. The zero-order valence-corrected chi connectivity index (χ0v) is 12.9. The van der Waals surface area contributed by atoms with Crippen molar-refractivity contribution in [2.45, 2.75) is 26.0 Å². The predicted molar refractivity (Wildman–Crippen MR) is 84.6 cm³/mol. The molecule has 2 N–H and O–H groups in total. The molecule has 112 valence electrons. The molecule has 0 fully saturated rings. The van der Waals surface area contributed by atoms with Gasteiger partial charge in [-0.2, -0.15) is 4.37 Å². The number of nitrogens with zero attached hydrogens (tertiary/aromatic N) is 3. The van der Waals surface area contributed by atoms with Gasteiger partial charge in [-0.05, 0) is 24.5 Å². The third-order valence-corrected chi connectivity index (χ3v) is 4.46. The van der Waals surface area contributed by atoms with E-state index in [1.165, 1.54) is 22.7 Å². The summed E-state index contributed by atoms with van der Waals surface area (Å²) in [5.41, 5.74) is 2.81. The number of aliphatic hydroxyl groups is 1. The smallest absolute Gasteiger partial charge is 0.202 e. The van der Waals surface area contributed by atoms with Crippen molar-refractivity contribution < 1.29 is 5.11 Å². The van der Waals surface area contributed by atoms with Gasteiger partial charge in [-0.15, -0.1) is 0 Å². The van der Waals surface area contributed by atoms with Crippen molar-refractivity contribution in [1.29, 1.82) is 0 Å². The molecule has 1 aromatic heterocycles. The van der Waals surface area contributed by atoms with Crippen LogP contribution in [0.25, 0.3) is 0 Å². The highest BCUT2D eigenvalue weighted by molar-refractivity contribution is 7.09. The molecule has 6 heteroatoms. The van der Waals surface area contributed by atoms with E-state index in [0.29, 0.717) is 13.1 Å². The van der Waals surface area contributed by atoms with Gasteiger partial charge in [0.2, 0.25) is 5.13 Å². The van der Waals surface area contributed by atoms with Crippen LogP contribution in [0, 0.1) is 6.92 Å². The fourth-order valence-corrected chi connectivity index (χ4v) is 3.23. The third kappa shape index (κ3) is 3.78. The van der Waals surface area contributed by atoms with Crippen molar-refractivity contribution in [2.24, 2.45) is 0 Å². The number of benzene rings is 1. The van der Waals surface area contributed by atoms with Crippen molar-refractivity contribution >= 4 is 16.7 Å². The Morgan fingerprint density at radius 1 is 1.38 bits per heavy atom. The van der Waals surface area contributed by atoms with Gasteiger partial charge >= 0.3 is 0 Å². The van der Waals surface area contributed by atoms with Gasteiger partial charge in [0.15, 0.2) is 0 Å². The highest BCUT2D eigenvalue weighted by Crippen LogP contribution is 2.18. The minimum Gasteiger partial charge on any atom is -0.390 e. The zero-order chi connectivity index (χ0) is 14.7. The molecule has 1 unspecified atom stereocenters. The van der Waals surface area contributed by atoms with Crippen LogP contribution in [0.1, 0.15) is 17.0 Å². The summed E-state index contributed by atoms with van der Waals surface area (Å²) in [6.45, 7) is 4.98. The zero-order valence-electron chi connectivity index (χ0n) is 12.1. The van der Waals surface area contributed by atoms with Gasteiger partial charge in [-0.1, -0.05) is 24.3 Å². The molecule has 0 bridgehead atoms. The van der Waals surface area contributed by atoms with Crippen LogP contribution in [-0.4, -0.2) is 45.1 Å². The Labute approximate surface area is 128 Å². The maximum Gasteiger partial charge on any atom is 0.202 e. The quantitative estimate of drug-likeness (QED) is 0.880. The average Bonchev–Trinajstić information content (AvgIpc) is 2.91. The number of aliphatic hydroxyl groups excluding tert-OH is 1. The van der Waals surface area contributed by atoms with Gasteiger partial charge < -0.3 is 10.4 Å². The maximum absolute atomic E-state index is 10.2. The van der Waals surface area contributed by atoms with E-state index >= 15 is 0 Å². The largest absolute Gasteiger partial charge is 0.390 e. The van der Waals surface area contributed by atoms with E-state index in [2.05, 4.69) is 43.8 Å². The van der Waals surface area contributed by atoms with Gasteiger partial charge in [0.1, 0.15) is 5.82 Å². The first-order valence-corrected chi connectivity index (χ1v) is 7.99. The molecule has 0 spiro atoms. The van der Waals surface area contributed by atoms with Crippen LogP contribution in [0.15, 0.2) is 24.3 Å². The Morgan fingerprint density at radius 3 is 2.95 bits per heavy atom. The summed E-state index contributed by atoms with van der Waals surface area (Å²) in [6.07, 6.45) is 0.658. The topological polar surface area (TPSA) is 61.3 Å².